The number of nitrogens with one attached hydrogen (secondary N) is 2. The Kier molecular flexibility index (Phi) is 7.97. The van der Waals surface area contributed by atoms with Crippen LogP contribution in [0.4, 0.5) is 15.8 Å². The van der Waals surface area contributed by atoms with Crippen LogP contribution in [0.25, 0.3) is 0 Å². The Hall–Kier alpha value is -3.35. The van der Waals surface area contributed by atoms with Crippen molar-refractivity contribution in [2.45, 2.75) is 24.8 Å². The highest BCUT2D eigenvalue weighted by Gasteiger charge is 2.30. The summed E-state index contributed by atoms with van der Waals surface area (Å²) in [5.74, 6) is -2.86. The zero-order valence-electron chi connectivity index (χ0n) is 18.5. The summed E-state index contributed by atoms with van der Waals surface area (Å²) >= 11 is 0. The fraction of sp³-hybridized carbons (Fsp3) is 0.318. The topological polar surface area (TPSA) is 131 Å². The lowest BCUT2D eigenvalue weighted by Crippen LogP contribution is -2.41. The van der Waals surface area contributed by atoms with E-state index in [0.717, 1.165) is 22.5 Å². The van der Waals surface area contributed by atoms with Gasteiger partial charge in [-0.3, -0.25) is 9.59 Å². The summed E-state index contributed by atoms with van der Waals surface area (Å²) in [4.78, 5) is 35.3. The maximum Gasteiger partial charge on any atom is 0.338 e. The van der Waals surface area contributed by atoms with Crippen LogP contribution in [0.3, 0.4) is 0 Å². The van der Waals surface area contributed by atoms with Crippen LogP contribution < -0.4 is 10.6 Å². The SMILES string of the molecule is CC(=O)Nc1ccc(NC(=O)C(C)OC(=O)c2ccc(F)c(S(=O)(=O)N3CCOCC3)c2)cc1. The number of hydrogen-bond acceptors (Lipinski definition) is 7. The van der Waals surface area contributed by atoms with Gasteiger partial charge in [-0.1, -0.05) is 0 Å². The maximum absolute atomic E-state index is 14.3. The Balaban J connectivity index is 1.67. The van der Waals surface area contributed by atoms with Crippen molar-refractivity contribution in [3.8, 4) is 0 Å². The molecule has 0 aromatic heterocycles. The Morgan fingerprint density at radius 2 is 1.62 bits per heavy atom. The summed E-state index contributed by atoms with van der Waals surface area (Å²) in [6.45, 7) is 3.22. The first kappa shape index (κ1) is 25.3. The van der Waals surface area contributed by atoms with E-state index in [4.69, 9.17) is 9.47 Å². The van der Waals surface area contributed by atoms with Crippen molar-refractivity contribution < 1.29 is 36.7 Å². The maximum atomic E-state index is 14.3. The fourth-order valence-corrected chi connectivity index (χ4v) is 4.62. The Labute approximate surface area is 196 Å². The molecule has 2 aromatic rings. The number of amides is 2. The molecule has 1 fully saturated rings. The highest BCUT2D eigenvalue weighted by Crippen LogP contribution is 2.22. The Bertz CT molecular complexity index is 1180. The molecule has 2 aromatic carbocycles. The summed E-state index contributed by atoms with van der Waals surface area (Å²) in [5, 5.41) is 5.16. The van der Waals surface area contributed by atoms with Gasteiger partial charge >= 0.3 is 5.97 Å². The molecular formula is C22H24FN3O7S. The molecule has 0 aliphatic carbocycles. The molecule has 0 bridgehead atoms. The third-order valence-corrected chi connectivity index (χ3v) is 6.79. The van der Waals surface area contributed by atoms with E-state index in [-0.39, 0.29) is 37.8 Å². The fourth-order valence-electron chi connectivity index (χ4n) is 3.12. The first-order valence-electron chi connectivity index (χ1n) is 10.3. The molecule has 12 heteroatoms. The van der Waals surface area contributed by atoms with Crippen LogP contribution in [0, 0.1) is 5.82 Å². The van der Waals surface area contributed by atoms with Gasteiger partial charge in [0.15, 0.2) is 6.10 Å². The van der Waals surface area contributed by atoms with Gasteiger partial charge in [0.05, 0.1) is 18.8 Å². The monoisotopic (exact) mass is 493 g/mol. The van der Waals surface area contributed by atoms with E-state index in [2.05, 4.69) is 10.6 Å². The van der Waals surface area contributed by atoms with E-state index >= 15 is 0 Å². The lowest BCUT2D eigenvalue weighted by molar-refractivity contribution is -0.123. The second-order valence-electron chi connectivity index (χ2n) is 7.46. The molecule has 1 heterocycles. The number of hydrogen-bond donors (Lipinski definition) is 2. The number of carbonyl (C=O) groups is 3. The molecule has 1 aliphatic heterocycles. The molecule has 0 spiro atoms. The van der Waals surface area contributed by atoms with E-state index in [1.807, 2.05) is 0 Å². The number of benzene rings is 2. The number of morpholine rings is 1. The second-order valence-corrected chi connectivity index (χ2v) is 9.36. The molecule has 2 N–H and O–H groups in total. The van der Waals surface area contributed by atoms with E-state index in [0.29, 0.717) is 11.4 Å². The molecule has 10 nitrogen and oxygen atoms in total. The molecule has 1 atom stereocenters. The Morgan fingerprint density at radius 3 is 2.21 bits per heavy atom. The number of anilines is 2. The lowest BCUT2D eigenvalue weighted by atomic mass is 10.2. The average molecular weight is 494 g/mol. The first-order valence-corrected chi connectivity index (χ1v) is 11.8. The number of rotatable bonds is 7. The minimum Gasteiger partial charge on any atom is -0.449 e. The van der Waals surface area contributed by atoms with E-state index in [1.165, 1.54) is 13.8 Å². The first-order chi connectivity index (χ1) is 16.1. The number of halogens is 1. The highest BCUT2D eigenvalue weighted by atomic mass is 32.2. The number of ether oxygens (including phenoxy) is 2. The summed E-state index contributed by atoms with van der Waals surface area (Å²) in [6.07, 6.45) is -1.23. The van der Waals surface area contributed by atoms with Crippen molar-refractivity contribution in [3.63, 3.8) is 0 Å². The minimum atomic E-state index is -4.18. The van der Waals surface area contributed by atoms with E-state index in [1.54, 1.807) is 24.3 Å². The molecule has 1 unspecified atom stereocenters. The van der Waals surface area contributed by atoms with Crippen molar-refractivity contribution in [2.75, 3.05) is 36.9 Å². The van der Waals surface area contributed by atoms with Crippen molar-refractivity contribution in [3.05, 3.63) is 53.8 Å². The van der Waals surface area contributed by atoms with Crippen LogP contribution in [0.2, 0.25) is 0 Å². The van der Waals surface area contributed by atoms with Crippen LogP contribution in [0.1, 0.15) is 24.2 Å². The van der Waals surface area contributed by atoms with Crippen LogP contribution in [-0.2, 0) is 29.1 Å². The lowest BCUT2D eigenvalue weighted by Gasteiger charge is -2.26. The van der Waals surface area contributed by atoms with Gasteiger partial charge < -0.3 is 20.1 Å². The summed E-state index contributed by atoms with van der Waals surface area (Å²) < 4.78 is 51.3. The van der Waals surface area contributed by atoms with Crippen molar-refractivity contribution in [1.82, 2.24) is 4.31 Å². The quantitative estimate of drug-likeness (QED) is 0.564. The molecule has 1 aliphatic rings. The van der Waals surface area contributed by atoms with Crippen LogP contribution in [0.5, 0.6) is 0 Å². The van der Waals surface area contributed by atoms with Crippen molar-refractivity contribution in [1.29, 1.82) is 0 Å². The predicted octanol–water partition coefficient (Wildman–Crippen LogP) is 1.99. The number of nitrogens with zero attached hydrogens (tertiary/aromatic N) is 1. The number of carbonyl (C=O) groups excluding carboxylic acids is 3. The zero-order valence-corrected chi connectivity index (χ0v) is 19.4. The molecule has 0 radical (unpaired) electrons. The van der Waals surface area contributed by atoms with Crippen LogP contribution in [-0.4, -0.2) is 62.9 Å². The molecule has 182 valence electrons. The van der Waals surface area contributed by atoms with Gasteiger partial charge in [0.25, 0.3) is 5.91 Å². The van der Waals surface area contributed by atoms with E-state index in [9.17, 15) is 27.2 Å². The predicted molar refractivity (Wildman–Crippen MR) is 120 cm³/mol. The number of esters is 1. The van der Waals surface area contributed by atoms with Gasteiger partial charge in [-0.15, -0.1) is 0 Å². The molecular weight excluding hydrogens is 469 g/mol. The minimum absolute atomic E-state index is 0.0689. The van der Waals surface area contributed by atoms with Gasteiger partial charge in [-0.25, -0.2) is 17.6 Å². The smallest absolute Gasteiger partial charge is 0.338 e. The molecule has 34 heavy (non-hydrogen) atoms. The normalized spacial score (nSPS) is 15.3. The summed E-state index contributed by atoms with van der Waals surface area (Å²) in [7, 11) is -4.18. The summed E-state index contributed by atoms with van der Waals surface area (Å²) in [5.41, 5.74) is 0.735. The molecule has 0 saturated carbocycles. The van der Waals surface area contributed by atoms with Crippen molar-refractivity contribution >= 4 is 39.2 Å². The molecule has 1 saturated heterocycles. The summed E-state index contributed by atoms with van der Waals surface area (Å²) in [6, 6.07) is 9.13. The molecule has 2 amide bonds. The van der Waals surface area contributed by atoms with Crippen LogP contribution in [0.15, 0.2) is 47.4 Å². The Morgan fingerprint density at radius 1 is 1.03 bits per heavy atom. The van der Waals surface area contributed by atoms with Gasteiger partial charge in [-0.2, -0.15) is 4.31 Å². The van der Waals surface area contributed by atoms with Gasteiger partial charge in [0.2, 0.25) is 15.9 Å². The van der Waals surface area contributed by atoms with Crippen LogP contribution >= 0.6 is 0 Å². The zero-order chi connectivity index (χ0) is 24.9. The van der Waals surface area contributed by atoms with Gasteiger partial charge in [0, 0.05) is 31.4 Å². The average Bonchev–Trinajstić information content (AvgIpc) is 2.80. The largest absolute Gasteiger partial charge is 0.449 e. The second kappa shape index (κ2) is 10.7. The van der Waals surface area contributed by atoms with Crippen molar-refractivity contribution in [2.24, 2.45) is 0 Å². The third-order valence-electron chi connectivity index (χ3n) is 4.88. The van der Waals surface area contributed by atoms with Gasteiger partial charge in [-0.05, 0) is 49.4 Å². The van der Waals surface area contributed by atoms with Gasteiger partial charge in [0.1, 0.15) is 10.7 Å². The number of sulfonamides is 1. The third kappa shape index (κ3) is 6.16. The highest BCUT2D eigenvalue weighted by molar-refractivity contribution is 7.89. The molecule has 3 rings (SSSR count). The standard InChI is InChI=1S/C22H24FN3O7S/c1-14(21(28)25-18-6-4-17(5-7-18)24-15(2)27)33-22(29)16-3-8-19(23)20(13-16)34(30,31)26-9-11-32-12-10-26/h3-8,13-14H,9-12H2,1-2H3,(H,24,27)(H,25,28). The van der Waals surface area contributed by atoms with E-state index < -0.39 is 38.7 Å².